The summed E-state index contributed by atoms with van der Waals surface area (Å²) in [6, 6.07) is 5.65. The number of benzene rings is 1. The van der Waals surface area contributed by atoms with E-state index in [9.17, 15) is 4.79 Å². The van der Waals surface area contributed by atoms with E-state index < -0.39 is 5.60 Å². The third kappa shape index (κ3) is 5.23. The lowest BCUT2D eigenvalue weighted by atomic mass is 9.97. The van der Waals surface area contributed by atoms with Crippen LogP contribution in [-0.4, -0.2) is 42.4 Å². The Morgan fingerprint density at radius 3 is 2.67 bits per heavy atom. The van der Waals surface area contributed by atoms with Crippen molar-refractivity contribution >= 4 is 23.7 Å². The molecule has 1 aliphatic rings. The van der Waals surface area contributed by atoms with Crippen LogP contribution < -0.4 is 11.1 Å². The van der Waals surface area contributed by atoms with Crippen molar-refractivity contribution in [2.75, 3.05) is 25.4 Å². The van der Waals surface area contributed by atoms with Gasteiger partial charge in [-0.15, -0.1) is 0 Å². The number of piperidine rings is 1. The fraction of sp³-hybridized carbons (Fsp3) is 0.556. The zero-order valence-electron chi connectivity index (χ0n) is 14.8. The van der Waals surface area contributed by atoms with Gasteiger partial charge in [-0.1, -0.05) is 0 Å². The maximum Gasteiger partial charge on any atom is 0.410 e. The van der Waals surface area contributed by atoms with Crippen molar-refractivity contribution in [2.24, 2.45) is 5.92 Å². The molecule has 1 fully saturated rings. The Labute approximate surface area is 143 Å². The number of rotatable bonds is 4. The highest BCUT2D eigenvalue weighted by molar-refractivity contribution is 5.84. The van der Waals surface area contributed by atoms with Crippen molar-refractivity contribution in [3.05, 3.63) is 23.8 Å². The van der Waals surface area contributed by atoms with E-state index in [2.05, 4.69) is 5.32 Å². The molecule has 24 heavy (non-hydrogen) atoms. The quantitative estimate of drug-likeness (QED) is 0.581. The molecule has 6 heteroatoms. The first-order chi connectivity index (χ1) is 11.3. The standard InChI is InChI=1S/C18H28N4O2/c1-18(2,3)24-17(23)22-8-6-13(7-9-22)12-21-16-5-4-15(20)10-14(16)11-19/h4-5,10-11,13,19,21H,6-9,12,20H2,1-3H3/p+1. The van der Waals surface area contributed by atoms with Gasteiger partial charge in [-0.25, -0.2) is 4.79 Å². The molecule has 1 aromatic rings. The van der Waals surface area contributed by atoms with Crippen LogP contribution in [0.15, 0.2) is 18.2 Å². The predicted octanol–water partition coefficient (Wildman–Crippen LogP) is 2.11. The number of ether oxygens (including phenoxy) is 1. The maximum absolute atomic E-state index is 12.1. The van der Waals surface area contributed by atoms with Crippen LogP contribution in [0.5, 0.6) is 0 Å². The van der Waals surface area contributed by atoms with Crippen LogP contribution in [0.1, 0.15) is 39.2 Å². The predicted molar refractivity (Wildman–Crippen MR) is 95.7 cm³/mol. The molecule has 0 radical (unpaired) electrons. The zero-order valence-corrected chi connectivity index (χ0v) is 14.8. The molecule has 0 unspecified atom stereocenters. The minimum atomic E-state index is -0.444. The van der Waals surface area contributed by atoms with E-state index >= 15 is 0 Å². The van der Waals surface area contributed by atoms with Crippen molar-refractivity contribution in [2.45, 2.75) is 39.2 Å². The van der Waals surface area contributed by atoms with Gasteiger partial charge in [0.1, 0.15) is 11.3 Å². The number of carbonyl (C=O) groups excluding carboxylic acids is 1. The Morgan fingerprint density at radius 2 is 2.08 bits per heavy atom. The number of amides is 1. The normalized spacial score (nSPS) is 16.0. The summed E-state index contributed by atoms with van der Waals surface area (Å²) >= 11 is 0. The molecule has 1 aromatic carbocycles. The van der Waals surface area contributed by atoms with Gasteiger partial charge in [0.2, 0.25) is 0 Å². The fourth-order valence-corrected chi connectivity index (χ4v) is 2.88. The highest BCUT2D eigenvalue weighted by Crippen LogP contribution is 2.19. The summed E-state index contributed by atoms with van der Waals surface area (Å²) in [7, 11) is 0. The van der Waals surface area contributed by atoms with E-state index in [1.165, 1.54) is 6.21 Å². The van der Waals surface area contributed by atoms with Gasteiger partial charge in [0, 0.05) is 37.0 Å². The van der Waals surface area contributed by atoms with Crippen molar-refractivity contribution in [3.63, 3.8) is 0 Å². The van der Waals surface area contributed by atoms with Gasteiger partial charge >= 0.3 is 6.09 Å². The number of nitrogen functional groups attached to an aromatic ring is 1. The van der Waals surface area contributed by atoms with E-state index in [-0.39, 0.29) is 6.09 Å². The number of quaternary nitrogens is 1. The lowest BCUT2D eigenvalue weighted by molar-refractivity contribution is -0.579. The minimum absolute atomic E-state index is 0.213. The number of hydrogen-bond donors (Lipinski definition) is 3. The molecule has 2 rings (SSSR count). The van der Waals surface area contributed by atoms with Crippen LogP contribution in [0, 0.1) is 11.3 Å². The first-order valence-electron chi connectivity index (χ1n) is 8.49. The van der Waals surface area contributed by atoms with E-state index in [4.69, 9.17) is 15.9 Å². The van der Waals surface area contributed by atoms with Gasteiger partial charge < -0.3 is 26.1 Å². The summed E-state index contributed by atoms with van der Waals surface area (Å²) in [6.07, 6.45) is 3.08. The Balaban J connectivity index is 1.81. The minimum Gasteiger partial charge on any atom is -0.444 e. The van der Waals surface area contributed by atoms with Gasteiger partial charge in [0.05, 0.1) is 12.1 Å². The summed E-state index contributed by atoms with van der Waals surface area (Å²) in [6.45, 7) is 8.10. The van der Waals surface area contributed by atoms with Crippen LogP contribution >= 0.6 is 0 Å². The summed E-state index contributed by atoms with van der Waals surface area (Å²) in [4.78, 5) is 13.9. The van der Waals surface area contributed by atoms with Crippen molar-refractivity contribution in [3.8, 4) is 0 Å². The number of nitrogens with zero attached hydrogens (tertiary/aromatic N) is 1. The topological polar surface area (TPSA) is 96.0 Å². The Kier molecular flexibility index (Phi) is 5.83. The number of likely N-dealkylation sites (tertiary alicyclic amines) is 1. The summed E-state index contributed by atoms with van der Waals surface area (Å²) in [5.74, 6) is 0.555. The molecule has 1 aliphatic heterocycles. The Bertz CT molecular complexity index is 587. The lowest BCUT2D eigenvalue weighted by Gasteiger charge is -2.32. The average molecular weight is 333 g/mol. The van der Waals surface area contributed by atoms with E-state index in [0.29, 0.717) is 11.6 Å². The van der Waals surface area contributed by atoms with Gasteiger partial charge in [-0.2, -0.15) is 0 Å². The molecule has 0 bridgehead atoms. The fourth-order valence-electron chi connectivity index (χ4n) is 2.88. The van der Waals surface area contributed by atoms with Crippen LogP contribution in [0.25, 0.3) is 0 Å². The molecule has 1 saturated heterocycles. The van der Waals surface area contributed by atoms with Crippen LogP contribution in [0.2, 0.25) is 0 Å². The van der Waals surface area contributed by atoms with E-state index in [1.54, 1.807) is 4.90 Å². The molecule has 1 heterocycles. The summed E-state index contributed by atoms with van der Waals surface area (Å²) < 4.78 is 5.43. The smallest absolute Gasteiger partial charge is 0.410 e. The van der Waals surface area contributed by atoms with Crippen molar-refractivity contribution in [1.82, 2.24) is 4.90 Å². The molecular formula is C18H29N4O2+. The molecule has 6 nitrogen and oxygen atoms in total. The molecule has 0 atom stereocenters. The number of nitrogens with two attached hydrogens (primary N) is 2. The van der Waals surface area contributed by atoms with E-state index in [0.717, 1.165) is 43.7 Å². The summed E-state index contributed by atoms with van der Waals surface area (Å²) in [5.41, 5.74) is 7.89. The van der Waals surface area contributed by atoms with Gasteiger partial charge in [0.15, 0.2) is 0 Å². The van der Waals surface area contributed by atoms with E-state index in [1.807, 2.05) is 39.0 Å². The molecule has 0 aliphatic carbocycles. The monoisotopic (exact) mass is 333 g/mol. The highest BCUT2D eigenvalue weighted by atomic mass is 16.6. The third-order valence-electron chi connectivity index (χ3n) is 4.20. The average Bonchev–Trinajstić information content (AvgIpc) is 2.52. The maximum atomic E-state index is 12.1. The first-order valence-corrected chi connectivity index (χ1v) is 8.49. The van der Waals surface area contributed by atoms with Gasteiger partial charge in [-0.3, -0.25) is 0 Å². The molecule has 5 N–H and O–H groups in total. The van der Waals surface area contributed by atoms with Crippen molar-refractivity contribution < 1.29 is 14.8 Å². The van der Waals surface area contributed by atoms with Crippen LogP contribution in [0.4, 0.5) is 16.2 Å². The highest BCUT2D eigenvalue weighted by Gasteiger charge is 2.27. The summed E-state index contributed by atoms with van der Waals surface area (Å²) in [5, 5.41) is 9.66. The molecule has 1 amide bonds. The second kappa shape index (κ2) is 7.66. The van der Waals surface area contributed by atoms with Crippen molar-refractivity contribution in [1.29, 1.82) is 5.41 Å². The lowest BCUT2D eigenvalue weighted by Crippen LogP contribution is -2.80. The number of nitrogens with one attached hydrogen (secondary N) is 1. The number of carbonyl (C=O) groups is 1. The molecule has 0 saturated carbocycles. The number of hydrogen-bond acceptors (Lipinski definition) is 4. The Morgan fingerprint density at radius 1 is 1.42 bits per heavy atom. The zero-order chi connectivity index (χ0) is 17.7. The first kappa shape index (κ1) is 18.3. The molecule has 0 spiro atoms. The second-order valence-corrected chi connectivity index (χ2v) is 7.38. The second-order valence-electron chi connectivity index (χ2n) is 7.38. The van der Waals surface area contributed by atoms with Gasteiger partial charge in [0.25, 0.3) is 0 Å². The van der Waals surface area contributed by atoms with Gasteiger partial charge in [-0.05, 0) is 45.7 Å². The Hall–Kier alpha value is -2.08. The third-order valence-corrected chi connectivity index (χ3v) is 4.20. The van der Waals surface area contributed by atoms with Crippen LogP contribution in [-0.2, 0) is 4.74 Å². The molecule has 132 valence electrons. The largest absolute Gasteiger partial charge is 0.444 e. The number of anilines is 1. The molecular weight excluding hydrogens is 304 g/mol. The molecule has 0 aromatic heterocycles. The van der Waals surface area contributed by atoms with Crippen LogP contribution in [0.3, 0.4) is 0 Å². The SMILES string of the molecule is CC(C)(C)OC(=O)N1CCC(C[NH2+]c2ccc(N)cc2C=N)CC1.